The van der Waals surface area contributed by atoms with Gasteiger partial charge in [0.2, 0.25) is 5.88 Å². The molecule has 0 saturated heterocycles. The summed E-state index contributed by atoms with van der Waals surface area (Å²) < 4.78 is 10.4. The average molecular weight is 265 g/mol. The summed E-state index contributed by atoms with van der Waals surface area (Å²) in [6.07, 6.45) is 4.67. The van der Waals surface area contributed by atoms with E-state index in [1.807, 2.05) is 13.8 Å². The largest absolute Gasteiger partial charge is 0.474 e. The molecule has 2 heterocycles. The zero-order valence-electron chi connectivity index (χ0n) is 11.4. The van der Waals surface area contributed by atoms with Gasteiger partial charge in [-0.25, -0.2) is 4.98 Å². The number of hydrogen-bond acceptors (Lipinski definition) is 6. The summed E-state index contributed by atoms with van der Waals surface area (Å²) >= 11 is 0. The minimum atomic E-state index is 0.404. The SMILES string of the molecule is CC.COCCOc1ncc(N)cc1-n1nccn1. The molecule has 2 N–H and O–H groups in total. The van der Waals surface area contributed by atoms with Crippen LogP contribution in [0.25, 0.3) is 5.69 Å². The molecule has 0 aliphatic heterocycles. The van der Waals surface area contributed by atoms with E-state index >= 15 is 0 Å². The molecule has 0 radical (unpaired) electrons. The minimum Gasteiger partial charge on any atom is -0.474 e. The summed E-state index contributed by atoms with van der Waals surface area (Å²) in [6, 6.07) is 1.70. The highest BCUT2D eigenvalue weighted by Gasteiger charge is 2.09. The smallest absolute Gasteiger partial charge is 0.242 e. The number of aromatic nitrogens is 4. The Kier molecular flexibility index (Phi) is 6.31. The van der Waals surface area contributed by atoms with Crippen LogP contribution in [0.5, 0.6) is 5.88 Å². The topological polar surface area (TPSA) is 88.1 Å². The number of nitrogen functional groups attached to an aromatic ring is 1. The van der Waals surface area contributed by atoms with Gasteiger partial charge in [-0.15, -0.1) is 4.80 Å². The van der Waals surface area contributed by atoms with Crippen LogP contribution in [0.1, 0.15) is 13.8 Å². The van der Waals surface area contributed by atoms with Crippen LogP contribution in [0.15, 0.2) is 24.7 Å². The molecule has 0 fully saturated rings. The predicted molar refractivity (Wildman–Crippen MR) is 72.3 cm³/mol. The highest BCUT2D eigenvalue weighted by atomic mass is 16.5. The van der Waals surface area contributed by atoms with Gasteiger partial charge in [0, 0.05) is 7.11 Å². The number of pyridine rings is 1. The van der Waals surface area contributed by atoms with Crippen LogP contribution in [0.4, 0.5) is 5.69 Å². The van der Waals surface area contributed by atoms with Gasteiger partial charge in [-0.05, 0) is 6.07 Å². The van der Waals surface area contributed by atoms with E-state index in [1.54, 1.807) is 25.6 Å². The molecule has 2 rings (SSSR count). The summed E-state index contributed by atoms with van der Waals surface area (Å²) in [4.78, 5) is 5.51. The van der Waals surface area contributed by atoms with Gasteiger partial charge < -0.3 is 15.2 Å². The highest BCUT2D eigenvalue weighted by molar-refractivity contribution is 5.50. The van der Waals surface area contributed by atoms with Gasteiger partial charge in [-0.1, -0.05) is 13.8 Å². The van der Waals surface area contributed by atoms with Crippen LogP contribution in [0.3, 0.4) is 0 Å². The Balaban J connectivity index is 0.000000861. The number of hydrogen-bond donors (Lipinski definition) is 1. The fourth-order valence-electron chi connectivity index (χ4n) is 1.27. The first-order valence-electron chi connectivity index (χ1n) is 6.05. The molecule has 104 valence electrons. The van der Waals surface area contributed by atoms with Crippen LogP contribution >= 0.6 is 0 Å². The van der Waals surface area contributed by atoms with Gasteiger partial charge in [0.1, 0.15) is 12.3 Å². The van der Waals surface area contributed by atoms with Gasteiger partial charge >= 0.3 is 0 Å². The molecule has 0 saturated carbocycles. The van der Waals surface area contributed by atoms with Crippen molar-refractivity contribution in [3.8, 4) is 11.6 Å². The number of anilines is 1. The Morgan fingerprint density at radius 2 is 1.89 bits per heavy atom. The number of ether oxygens (including phenoxy) is 2. The summed E-state index contributed by atoms with van der Waals surface area (Å²) in [5.41, 5.74) is 6.80. The average Bonchev–Trinajstić information content (AvgIpc) is 2.97. The molecule has 0 atom stereocenters. The molecule has 0 aliphatic carbocycles. The van der Waals surface area contributed by atoms with Crippen molar-refractivity contribution < 1.29 is 9.47 Å². The highest BCUT2D eigenvalue weighted by Crippen LogP contribution is 2.20. The first-order valence-corrected chi connectivity index (χ1v) is 6.05. The first kappa shape index (κ1) is 14.9. The standard InChI is InChI=1S/C10H13N5O2.C2H6/c1-16-4-5-17-10-9(6-8(11)7-12-10)15-13-2-3-14-15;1-2/h2-3,6-7H,4-5,11H2,1H3;1-2H3. The number of rotatable bonds is 5. The number of nitrogens with zero attached hydrogens (tertiary/aromatic N) is 4. The van der Waals surface area contributed by atoms with Crippen molar-refractivity contribution in [3.63, 3.8) is 0 Å². The van der Waals surface area contributed by atoms with Crippen molar-refractivity contribution in [1.82, 2.24) is 20.0 Å². The Labute approximate surface area is 112 Å². The molecule has 0 amide bonds. The molecule has 0 aromatic carbocycles. The molecule has 2 aromatic rings. The number of nitrogens with two attached hydrogens (primary N) is 1. The van der Waals surface area contributed by atoms with E-state index in [2.05, 4.69) is 15.2 Å². The van der Waals surface area contributed by atoms with E-state index in [9.17, 15) is 0 Å². The Morgan fingerprint density at radius 1 is 1.21 bits per heavy atom. The molecule has 0 bridgehead atoms. The predicted octanol–water partition coefficient (Wildman–Crippen LogP) is 1.30. The van der Waals surface area contributed by atoms with Gasteiger partial charge in [0.05, 0.1) is 30.9 Å². The maximum atomic E-state index is 5.68. The van der Waals surface area contributed by atoms with Crippen molar-refractivity contribution in [2.45, 2.75) is 13.8 Å². The second kappa shape index (κ2) is 8.04. The van der Waals surface area contributed by atoms with Crippen LogP contribution in [0.2, 0.25) is 0 Å². The molecule has 0 aliphatic rings. The summed E-state index contributed by atoms with van der Waals surface area (Å²) in [6.45, 7) is 4.89. The van der Waals surface area contributed by atoms with Gasteiger partial charge in [-0.3, -0.25) is 0 Å². The second-order valence-electron chi connectivity index (χ2n) is 3.25. The summed E-state index contributed by atoms with van der Waals surface area (Å²) in [5, 5.41) is 8.03. The molecule has 19 heavy (non-hydrogen) atoms. The van der Waals surface area contributed by atoms with Crippen molar-refractivity contribution in [1.29, 1.82) is 0 Å². The zero-order chi connectivity index (χ0) is 14.1. The number of methoxy groups -OCH3 is 1. The van der Waals surface area contributed by atoms with Crippen LogP contribution in [-0.4, -0.2) is 40.3 Å². The Bertz CT molecular complexity index is 473. The van der Waals surface area contributed by atoms with E-state index in [1.165, 1.54) is 11.0 Å². The maximum absolute atomic E-state index is 5.68. The van der Waals surface area contributed by atoms with E-state index in [0.29, 0.717) is 30.5 Å². The van der Waals surface area contributed by atoms with Gasteiger partial charge in [0.15, 0.2) is 0 Å². The fraction of sp³-hybridized carbons (Fsp3) is 0.417. The zero-order valence-corrected chi connectivity index (χ0v) is 11.4. The maximum Gasteiger partial charge on any atom is 0.242 e. The van der Waals surface area contributed by atoms with E-state index in [0.717, 1.165) is 0 Å². The quantitative estimate of drug-likeness (QED) is 0.820. The van der Waals surface area contributed by atoms with Crippen molar-refractivity contribution in [3.05, 3.63) is 24.7 Å². The normalized spacial score (nSPS) is 9.63. The Hall–Kier alpha value is -2.15. The third-order valence-electron chi connectivity index (χ3n) is 2.01. The lowest BCUT2D eigenvalue weighted by Gasteiger charge is -2.09. The van der Waals surface area contributed by atoms with Crippen molar-refractivity contribution in [2.24, 2.45) is 0 Å². The third kappa shape index (κ3) is 4.22. The van der Waals surface area contributed by atoms with Crippen LogP contribution < -0.4 is 10.5 Å². The molecule has 0 unspecified atom stereocenters. The monoisotopic (exact) mass is 265 g/mol. The summed E-state index contributed by atoms with van der Waals surface area (Å²) in [5.74, 6) is 0.424. The Morgan fingerprint density at radius 3 is 2.53 bits per heavy atom. The molecule has 7 nitrogen and oxygen atoms in total. The lowest BCUT2D eigenvalue weighted by Crippen LogP contribution is -2.10. The molecular formula is C12H19N5O2. The van der Waals surface area contributed by atoms with E-state index in [-0.39, 0.29) is 0 Å². The summed E-state index contributed by atoms with van der Waals surface area (Å²) in [7, 11) is 1.61. The molecule has 0 spiro atoms. The van der Waals surface area contributed by atoms with Gasteiger partial charge in [-0.2, -0.15) is 10.2 Å². The van der Waals surface area contributed by atoms with Crippen LogP contribution in [0, 0.1) is 0 Å². The van der Waals surface area contributed by atoms with Gasteiger partial charge in [0.25, 0.3) is 0 Å². The fourth-order valence-corrected chi connectivity index (χ4v) is 1.27. The molecule has 7 heteroatoms. The van der Waals surface area contributed by atoms with Crippen molar-refractivity contribution >= 4 is 5.69 Å². The van der Waals surface area contributed by atoms with Crippen LogP contribution in [-0.2, 0) is 4.74 Å². The molecular weight excluding hydrogens is 246 g/mol. The van der Waals surface area contributed by atoms with E-state index < -0.39 is 0 Å². The second-order valence-corrected chi connectivity index (χ2v) is 3.25. The lowest BCUT2D eigenvalue weighted by molar-refractivity contribution is 0.143. The van der Waals surface area contributed by atoms with E-state index in [4.69, 9.17) is 15.2 Å². The molecule has 2 aromatic heterocycles. The minimum absolute atomic E-state index is 0.404. The third-order valence-corrected chi connectivity index (χ3v) is 2.01. The first-order chi connectivity index (χ1) is 9.31. The van der Waals surface area contributed by atoms with Crippen molar-refractivity contribution in [2.75, 3.05) is 26.1 Å². The lowest BCUT2D eigenvalue weighted by atomic mass is 10.4.